The lowest BCUT2D eigenvalue weighted by molar-refractivity contribution is 0.612. The van der Waals surface area contributed by atoms with Gasteiger partial charge in [0.2, 0.25) is 0 Å². The first kappa shape index (κ1) is 10.5. The van der Waals surface area contributed by atoms with Gasteiger partial charge < -0.3 is 5.73 Å². The Morgan fingerprint density at radius 2 is 2.25 bits per heavy atom. The van der Waals surface area contributed by atoms with Crippen molar-refractivity contribution in [2.24, 2.45) is 0 Å². The molecule has 0 saturated heterocycles. The molecule has 2 aromatic rings. The zero-order valence-electron chi connectivity index (χ0n) is 7.98. The number of halogens is 2. The standard InChI is InChI=1S/C10H6ClFN4/c11-7-2-1-3-8(12)10(7)16-9(14)4-6(5-13)15-16/h1-4H,14H2. The van der Waals surface area contributed by atoms with Gasteiger partial charge in [0.1, 0.15) is 23.4 Å². The van der Waals surface area contributed by atoms with E-state index >= 15 is 0 Å². The topological polar surface area (TPSA) is 67.6 Å². The molecule has 0 amide bonds. The van der Waals surface area contributed by atoms with Crippen LogP contribution in [0, 0.1) is 17.1 Å². The van der Waals surface area contributed by atoms with Crippen LogP contribution >= 0.6 is 11.6 Å². The predicted molar refractivity (Wildman–Crippen MR) is 57.7 cm³/mol. The molecule has 1 heterocycles. The number of nitrogens with two attached hydrogens (primary N) is 1. The first-order valence-electron chi connectivity index (χ1n) is 4.33. The molecule has 0 aliphatic rings. The molecule has 1 aromatic heterocycles. The predicted octanol–water partition coefficient (Wildman–Crippen LogP) is 2.12. The van der Waals surface area contributed by atoms with E-state index in [9.17, 15) is 4.39 Å². The van der Waals surface area contributed by atoms with Gasteiger partial charge in [-0.3, -0.25) is 0 Å². The minimum absolute atomic E-state index is 0.0446. The summed E-state index contributed by atoms with van der Waals surface area (Å²) in [5.74, 6) is -0.393. The van der Waals surface area contributed by atoms with Gasteiger partial charge in [-0.15, -0.1) is 0 Å². The molecular formula is C10H6ClFN4. The number of para-hydroxylation sites is 1. The number of nitrogen functional groups attached to an aromatic ring is 1. The maximum Gasteiger partial charge on any atom is 0.165 e. The van der Waals surface area contributed by atoms with E-state index in [-0.39, 0.29) is 22.2 Å². The van der Waals surface area contributed by atoms with Crippen molar-refractivity contribution in [3.05, 3.63) is 40.8 Å². The number of hydrogen-bond donors (Lipinski definition) is 1. The largest absolute Gasteiger partial charge is 0.384 e. The van der Waals surface area contributed by atoms with Gasteiger partial charge in [-0.1, -0.05) is 17.7 Å². The average Bonchev–Trinajstić information content (AvgIpc) is 2.60. The molecule has 2 rings (SSSR count). The van der Waals surface area contributed by atoms with Gasteiger partial charge in [0, 0.05) is 6.07 Å². The molecule has 0 saturated carbocycles. The van der Waals surface area contributed by atoms with E-state index in [2.05, 4.69) is 5.10 Å². The monoisotopic (exact) mass is 236 g/mol. The van der Waals surface area contributed by atoms with Crippen LogP contribution in [0.4, 0.5) is 10.2 Å². The zero-order chi connectivity index (χ0) is 11.7. The molecule has 0 atom stereocenters. The van der Waals surface area contributed by atoms with Crippen molar-refractivity contribution in [3.63, 3.8) is 0 Å². The van der Waals surface area contributed by atoms with Crippen molar-refractivity contribution < 1.29 is 4.39 Å². The summed E-state index contributed by atoms with van der Waals surface area (Å²) in [4.78, 5) is 0. The number of rotatable bonds is 1. The molecule has 0 fully saturated rings. The number of nitrogens with zero attached hydrogens (tertiary/aromatic N) is 3. The molecule has 0 aliphatic carbocycles. The minimum Gasteiger partial charge on any atom is -0.384 e. The van der Waals surface area contributed by atoms with E-state index in [0.29, 0.717) is 0 Å². The molecule has 0 unspecified atom stereocenters. The summed E-state index contributed by atoms with van der Waals surface area (Å²) in [7, 11) is 0. The molecule has 0 spiro atoms. The second-order valence-electron chi connectivity index (χ2n) is 3.05. The Morgan fingerprint density at radius 1 is 1.50 bits per heavy atom. The SMILES string of the molecule is N#Cc1cc(N)n(-c2c(F)cccc2Cl)n1. The highest BCUT2D eigenvalue weighted by atomic mass is 35.5. The molecule has 2 N–H and O–H groups in total. The van der Waals surface area contributed by atoms with Crippen LogP contribution in [0.3, 0.4) is 0 Å². The van der Waals surface area contributed by atoms with E-state index in [4.69, 9.17) is 22.6 Å². The lowest BCUT2D eigenvalue weighted by Crippen LogP contribution is -2.04. The Kier molecular flexibility index (Phi) is 2.50. The van der Waals surface area contributed by atoms with Crippen molar-refractivity contribution in [2.45, 2.75) is 0 Å². The first-order valence-corrected chi connectivity index (χ1v) is 4.71. The Labute approximate surface area is 95.7 Å². The first-order chi connectivity index (χ1) is 7.63. The zero-order valence-corrected chi connectivity index (χ0v) is 8.74. The summed E-state index contributed by atoms with van der Waals surface area (Å²) in [5.41, 5.74) is 5.76. The third-order valence-corrected chi connectivity index (χ3v) is 2.31. The van der Waals surface area contributed by atoms with E-state index in [1.807, 2.05) is 6.07 Å². The molecular weight excluding hydrogens is 231 g/mol. The second kappa shape index (κ2) is 3.83. The number of anilines is 1. The van der Waals surface area contributed by atoms with Crippen LogP contribution in [0.15, 0.2) is 24.3 Å². The Bertz CT molecular complexity index is 565. The average molecular weight is 237 g/mol. The summed E-state index contributed by atoms with van der Waals surface area (Å²) in [6, 6.07) is 7.41. The van der Waals surface area contributed by atoms with E-state index in [0.717, 1.165) is 4.68 Å². The second-order valence-corrected chi connectivity index (χ2v) is 3.46. The van der Waals surface area contributed by atoms with E-state index in [1.54, 1.807) is 0 Å². The highest BCUT2D eigenvalue weighted by Crippen LogP contribution is 2.25. The Hall–Kier alpha value is -2.06. The molecule has 6 heteroatoms. The lowest BCUT2D eigenvalue weighted by atomic mass is 10.3. The Balaban J connectivity index is 2.68. The van der Waals surface area contributed by atoms with Crippen LogP contribution in [0.2, 0.25) is 5.02 Å². The van der Waals surface area contributed by atoms with Gasteiger partial charge in [0.05, 0.1) is 5.02 Å². The quantitative estimate of drug-likeness (QED) is 0.825. The highest BCUT2D eigenvalue weighted by Gasteiger charge is 2.13. The Morgan fingerprint density at radius 3 is 2.81 bits per heavy atom. The summed E-state index contributed by atoms with van der Waals surface area (Å²) in [5, 5.41) is 12.7. The summed E-state index contributed by atoms with van der Waals surface area (Å²) in [6.07, 6.45) is 0. The van der Waals surface area contributed by atoms with Crippen molar-refractivity contribution in [2.75, 3.05) is 5.73 Å². The molecule has 1 aromatic carbocycles. The molecule has 0 radical (unpaired) electrons. The minimum atomic E-state index is -0.549. The normalized spacial score (nSPS) is 10.1. The van der Waals surface area contributed by atoms with Gasteiger partial charge in [-0.25, -0.2) is 9.07 Å². The molecule has 16 heavy (non-hydrogen) atoms. The smallest absolute Gasteiger partial charge is 0.165 e. The number of hydrogen-bond acceptors (Lipinski definition) is 3. The maximum absolute atomic E-state index is 13.5. The third kappa shape index (κ3) is 1.59. The van der Waals surface area contributed by atoms with Crippen LogP contribution in [-0.2, 0) is 0 Å². The lowest BCUT2D eigenvalue weighted by Gasteiger charge is -2.06. The van der Waals surface area contributed by atoms with Crippen LogP contribution in [0.5, 0.6) is 0 Å². The van der Waals surface area contributed by atoms with Crippen molar-refractivity contribution in [1.82, 2.24) is 9.78 Å². The van der Waals surface area contributed by atoms with Crippen molar-refractivity contribution in [1.29, 1.82) is 5.26 Å². The fraction of sp³-hybridized carbons (Fsp3) is 0. The van der Waals surface area contributed by atoms with Gasteiger partial charge in [0.25, 0.3) is 0 Å². The molecule has 4 nitrogen and oxygen atoms in total. The van der Waals surface area contributed by atoms with Crippen LogP contribution in [-0.4, -0.2) is 9.78 Å². The summed E-state index contributed by atoms with van der Waals surface area (Å²) < 4.78 is 14.7. The summed E-state index contributed by atoms with van der Waals surface area (Å²) >= 11 is 5.85. The third-order valence-electron chi connectivity index (χ3n) is 2.00. The number of benzene rings is 1. The van der Waals surface area contributed by atoms with E-state index < -0.39 is 5.82 Å². The van der Waals surface area contributed by atoms with Crippen LogP contribution < -0.4 is 5.73 Å². The molecule has 0 aliphatic heterocycles. The van der Waals surface area contributed by atoms with Gasteiger partial charge in [-0.2, -0.15) is 10.4 Å². The van der Waals surface area contributed by atoms with Crippen LogP contribution in [0.25, 0.3) is 5.69 Å². The van der Waals surface area contributed by atoms with Crippen molar-refractivity contribution >= 4 is 17.4 Å². The number of aromatic nitrogens is 2. The fourth-order valence-electron chi connectivity index (χ4n) is 1.32. The van der Waals surface area contributed by atoms with Gasteiger partial charge in [0.15, 0.2) is 5.69 Å². The number of nitriles is 1. The molecule has 80 valence electrons. The maximum atomic E-state index is 13.5. The van der Waals surface area contributed by atoms with Gasteiger partial charge in [-0.05, 0) is 12.1 Å². The molecule has 0 bridgehead atoms. The fourth-order valence-corrected chi connectivity index (χ4v) is 1.56. The van der Waals surface area contributed by atoms with Crippen molar-refractivity contribution in [3.8, 4) is 11.8 Å². The van der Waals surface area contributed by atoms with Crippen LogP contribution in [0.1, 0.15) is 5.69 Å². The summed E-state index contributed by atoms with van der Waals surface area (Å²) in [6.45, 7) is 0. The van der Waals surface area contributed by atoms with E-state index in [1.165, 1.54) is 24.3 Å². The van der Waals surface area contributed by atoms with Gasteiger partial charge >= 0.3 is 0 Å². The highest BCUT2D eigenvalue weighted by molar-refractivity contribution is 6.32.